The molecule has 1 heterocycles. The second kappa shape index (κ2) is 9.43. The molecule has 1 fully saturated rings. The van der Waals surface area contributed by atoms with Crippen LogP contribution in [0.3, 0.4) is 0 Å². The topological polar surface area (TPSA) is 46.6 Å². The average molecular weight is 460 g/mol. The molecule has 0 saturated carbocycles. The zero-order valence-corrected chi connectivity index (χ0v) is 18.3. The van der Waals surface area contributed by atoms with Crippen molar-refractivity contribution in [2.45, 2.75) is 33.3 Å². The van der Waals surface area contributed by atoms with Gasteiger partial charge in [-0.3, -0.25) is 14.5 Å². The van der Waals surface area contributed by atoms with Gasteiger partial charge in [-0.25, -0.2) is 0 Å². The van der Waals surface area contributed by atoms with Crippen molar-refractivity contribution < 1.29 is 14.3 Å². The maximum Gasteiger partial charge on any atom is 0.293 e. The van der Waals surface area contributed by atoms with Crippen molar-refractivity contribution in [3.8, 4) is 5.75 Å². The van der Waals surface area contributed by atoms with Crippen LogP contribution in [0.25, 0.3) is 6.08 Å². The fourth-order valence-electron chi connectivity index (χ4n) is 2.76. The first-order chi connectivity index (χ1) is 13.5. The highest BCUT2D eigenvalue weighted by atomic mass is 79.9. The van der Waals surface area contributed by atoms with Gasteiger partial charge in [0.25, 0.3) is 11.1 Å². The molecule has 0 aliphatic carbocycles. The van der Waals surface area contributed by atoms with Crippen LogP contribution in [-0.2, 0) is 11.4 Å². The van der Waals surface area contributed by atoms with Gasteiger partial charge >= 0.3 is 0 Å². The van der Waals surface area contributed by atoms with Gasteiger partial charge in [-0.1, -0.05) is 59.1 Å². The van der Waals surface area contributed by atoms with Crippen molar-refractivity contribution >= 4 is 44.9 Å². The molecule has 4 nitrogen and oxygen atoms in total. The Morgan fingerprint density at radius 3 is 2.61 bits per heavy atom. The molecular weight excluding hydrogens is 438 g/mol. The van der Waals surface area contributed by atoms with Crippen LogP contribution >= 0.6 is 27.7 Å². The minimum absolute atomic E-state index is 0.207. The first kappa shape index (κ1) is 20.7. The van der Waals surface area contributed by atoms with Crippen LogP contribution in [0, 0.1) is 6.92 Å². The van der Waals surface area contributed by atoms with Crippen LogP contribution < -0.4 is 4.74 Å². The van der Waals surface area contributed by atoms with Crippen LogP contribution in [0.5, 0.6) is 5.75 Å². The van der Waals surface area contributed by atoms with Crippen molar-refractivity contribution in [3.05, 3.63) is 68.5 Å². The molecule has 0 bridgehead atoms. The van der Waals surface area contributed by atoms with Crippen LogP contribution in [0.1, 0.15) is 36.5 Å². The quantitative estimate of drug-likeness (QED) is 0.464. The third-order valence-electron chi connectivity index (χ3n) is 4.38. The number of amides is 2. The zero-order chi connectivity index (χ0) is 20.1. The van der Waals surface area contributed by atoms with Gasteiger partial charge in [0.05, 0.1) is 4.91 Å². The Morgan fingerprint density at radius 1 is 1.14 bits per heavy atom. The number of thioether (sulfide) groups is 1. The Hall–Kier alpha value is -2.05. The number of carbonyl (C=O) groups excluding carboxylic acids is 2. The number of carbonyl (C=O) groups is 2. The molecule has 0 N–H and O–H groups in total. The molecule has 1 saturated heterocycles. The third kappa shape index (κ3) is 5.06. The first-order valence-electron chi connectivity index (χ1n) is 9.21. The number of rotatable bonds is 7. The molecular formula is C22H22BrNO3S. The predicted molar refractivity (Wildman–Crippen MR) is 117 cm³/mol. The molecule has 3 rings (SSSR count). The van der Waals surface area contributed by atoms with Gasteiger partial charge in [0.2, 0.25) is 0 Å². The highest BCUT2D eigenvalue weighted by molar-refractivity contribution is 9.10. The van der Waals surface area contributed by atoms with Gasteiger partial charge in [-0.2, -0.15) is 0 Å². The Morgan fingerprint density at radius 2 is 1.89 bits per heavy atom. The van der Waals surface area contributed by atoms with E-state index in [-0.39, 0.29) is 11.1 Å². The lowest BCUT2D eigenvalue weighted by atomic mass is 10.1. The number of ether oxygens (including phenoxy) is 1. The highest BCUT2D eigenvalue weighted by Crippen LogP contribution is 2.35. The van der Waals surface area contributed by atoms with Crippen LogP contribution in [0.4, 0.5) is 4.79 Å². The fraction of sp³-hybridized carbons (Fsp3) is 0.273. The Kier molecular flexibility index (Phi) is 6.97. The van der Waals surface area contributed by atoms with E-state index in [9.17, 15) is 9.59 Å². The van der Waals surface area contributed by atoms with Crippen molar-refractivity contribution in [2.75, 3.05) is 6.54 Å². The largest absolute Gasteiger partial charge is 0.488 e. The summed E-state index contributed by atoms with van der Waals surface area (Å²) in [7, 11) is 0. The number of hydrogen-bond donors (Lipinski definition) is 0. The number of imide groups is 1. The van der Waals surface area contributed by atoms with Crippen LogP contribution in [-0.4, -0.2) is 22.6 Å². The van der Waals surface area contributed by atoms with Gasteiger partial charge in [-0.05, 0) is 54.9 Å². The summed E-state index contributed by atoms with van der Waals surface area (Å²) in [6.07, 6.45) is 3.49. The summed E-state index contributed by atoms with van der Waals surface area (Å²) in [4.78, 5) is 26.5. The molecule has 146 valence electrons. The van der Waals surface area contributed by atoms with Crippen LogP contribution in [0.15, 0.2) is 51.8 Å². The van der Waals surface area contributed by atoms with E-state index in [1.165, 1.54) is 10.5 Å². The molecule has 1 aliphatic rings. The molecule has 0 aromatic heterocycles. The summed E-state index contributed by atoms with van der Waals surface area (Å²) >= 11 is 4.45. The van der Waals surface area contributed by atoms with Gasteiger partial charge in [-0.15, -0.1) is 0 Å². The summed E-state index contributed by atoms with van der Waals surface area (Å²) in [5.74, 6) is 0.442. The normalized spacial score (nSPS) is 15.5. The minimum Gasteiger partial charge on any atom is -0.488 e. The summed E-state index contributed by atoms with van der Waals surface area (Å²) in [6.45, 7) is 4.98. The summed E-state index contributed by atoms with van der Waals surface area (Å²) in [5.41, 5.74) is 3.04. The molecule has 0 radical (unpaired) electrons. The second-order valence-electron chi connectivity index (χ2n) is 6.64. The molecule has 0 unspecified atom stereocenters. The van der Waals surface area contributed by atoms with E-state index in [0.717, 1.165) is 40.2 Å². The minimum atomic E-state index is -0.229. The lowest BCUT2D eigenvalue weighted by molar-refractivity contribution is -0.122. The smallest absolute Gasteiger partial charge is 0.293 e. The zero-order valence-electron chi connectivity index (χ0n) is 15.9. The second-order valence-corrected chi connectivity index (χ2v) is 8.55. The molecule has 1 aliphatic heterocycles. The SMILES string of the molecule is CCCCN1C(=O)S/C(=C\c2cc(Br)ccc2OCc2ccc(C)cc2)C1=O. The van der Waals surface area contributed by atoms with E-state index in [2.05, 4.69) is 15.9 Å². The van der Waals surface area contributed by atoms with Crippen molar-refractivity contribution in [3.63, 3.8) is 0 Å². The summed E-state index contributed by atoms with van der Waals surface area (Å²) in [5, 5.41) is -0.207. The molecule has 2 aromatic carbocycles. The van der Waals surface area contributed by atoms with E-state index < -0.39 is 0 Å². The first-order valence-corrected chi connectivity index (χ1v) is 10.8. The number of halogens is 1. The number of benzene rings is 2. The van der Waals surface area contributed by atoms with Crippen LogP contribution in [0.2, 0.25) is 0 Å². The molecule has 0 atom stereocenters. The number of nitrogens with zero attached hydrogens (tertiary/aromatic N) is 1. The summed E-state index contributed by atoms with van der Waals surface area (Å²) in [6, 6.07) is 13.8. The standard InChI is InChI=1S/C22H22BrNO3S/c1-3-4-11-24-21(25)20(28-22(24)26)13-17-12-18(23)9-10-19(17)27-14-16-7-5-15(2)6-8-16/h5-10,12-13H,3-4,11,14H2,1-2H3/b20-13-. The van der Waals surface area contributed by atoms with E-state index >= 15 is 0 Å². The van der Waals surface area contributed by atoms with Gasteiger partial charge in [0.15, 0.2) is 0 Å². The van der Waals surface area contributed by atoms with Gasteiger partial charge in [0.1, 0.15) is 12.4 Å². The Labute approximate surface area is 178 Å². The van der Waals surface area contributed by atoms with E-state index in [0.29, 0.717) is 23.8 Å². The number of aryl methyl sites for hydroxylation is 1. The van der Waals surface area contributed by atoms with Crippen molar-refractivity contribution in [2.24, 2.45) is 0 Å². The molecule has 0 spiro atoms. The predicted octanol–water partition coefficient (Wildman–Crippen LogP) is 6.17. The molecule has 6 heteroatoms. The maximum absolute atomic E-state index is 12.6. The monoisotopic (exact) mass is 459 g/mol. The lowest BCUT2D eigenvalue weighted by Crippen LogP contribution is -2.29. The third-order valence-corrected chi connectivity index (χ3v) is 5.78. The highest BCUT2D eigenvalue weighted by Gasteiger charge is 2.34. The van der Waals surface area contributed by atoms with Gasteiger partial charge in [0, 0.05) is 16.6 Å². The average Bonchev–Trinajstić information content (AvgIpc) is 2.94. The Bertz CT molecular complexity index is 908. The van der Waals surface area contributed by atoms with E-state index in [1.54, 1.807) is 6.08 Å². The molecule has 2 amide bonds. The Balaban J connectivity index is 1.80. The molecule has 2 aromatic rings. The van der Waals surface area contributed by atoms with Crippen molar-refractivity contribution in [1.82, 2.24) is 4.90 Å². The fourth-order valence-corrected chi connectivity index (χ4v) is 3.99. The summed E-state index contributed by atoms with van der Waals surface area (Å²) < 4.78 is 6.88. The van der Waals surface area contributed by atoms with E-state index in [1.807, 2.05) is 56.3 Å². The lowest BCUT2D eigenvalue weighted by Gasteiger charge is -2.12. The number of unbranched alkanes of at least 4 members (excludes halogenated alkanes) is 1. The molecule has 28 heavy (non-hydrogen) atoms. The number of hydrogen-bond acceptors (Lipinski definition) is 4. The maximum atomic E-state index is 12.6. The van der Waals surface area contributed by atoms with Gasteiger partial charge < -0.3 is 4.74 Å². The van der Waals surface area contributed by atoms with Crippen molar-refractivity contribution in [1.29, 1.82) is 0 Å². The van der Waals surface area contributed by atoms with E-state index in [4.69, 9.17) is 4.74 Å².